The van der Waals surface area contributed by atoms with Crippen LogP contribution >= 0.6 is 0 Å². The Kier molecular flexibility index (Phi) is 6.24. The maximum absolute atomic E-state index is 11.5. The molecule has 0 radical (unpaired) electrons. The number of aromatic nitrogens is 2. The molecule has 1 amide bonds. The van der Waals surface area contributed by atoms with Gasteiger partial charge in [0, 0.05) is 44.9 Å². The molecule has 0 atom stereocenters. The summed E-state index contributed by atoms with van der Waals surface area (Å²) < 4.78 is 5.79. The van der Waals surface area contributed by atoms with Crippen LogP contribution in [0.15, 0.2) is 30.5 Å². The molecule has 2 aromatic rings. The van der Waals surface area contributed by atoms with E-state index in [-0.39, 0.29) is 5.91 Å². The fourth-order valence-corrected chi connectivity index (χ4v) is 3.81. The van der Waals surface area contributed by atoms with Crippen LogP contribution in [0.3, 0.4) is 0 Å². The van der Waals surface area contributed by atoms with Gasteiger partial charge in [-0.25, -0.2) is 4.98 Å². The van der Waals surface area contributed by atoms with Crippen molar-refractivity contribution in [1.29, 1.82) is 0 Å². The van der Waals surface area contributed by atoms with E-state index in [1.807, 2.05) is 24.4 Å². The van der Waals surface area contributed by atoms with Crippen LogP contribution in [0.25, 0.3) is 0 Å². The quantitative estimate of drug-likeness (QED) is 0.727. The summed E-state index contributed by atoms with van der Waals surface area (Å²) in [5.74, 6) is 2.36. The Balaban J connectivity index is 1.14. The first-order valence-electron chi connectivity index (χ1n) is 10.5. The Hall–Kier alpha value is -2.67. The number of rotatable bonds is 7. The molecule has 29 heavy (non-hydrogen) atoms. The number of pyridine rings is 2. The largest absolute Gasteiger partial charge is 0.478 e. The predicted octanol–water partition coefficient (Wildman–Crippen LogP) is 2.65. The Morgan fingerprint density at radius 1 is 1.10 bits per heavy atom. The van der Waals surface area contributed by atoms with Crippen molar-refractivity contribution < 1.29 is 9.53 Å². The number of hydrogen-bond donors (Lipinski definition) is 1. The lowest BCUT2D eigenvalue weighted by Crippen LogP contribution is -2.47. The van der Waals surface area contributed by atoms with E-state index in [9.17, 15) is 4.79 Å². The number of carbonyl (C=O) groups excluding carboxylic acids is 1. The molecule has 1 fully saturated rings. The van der Waals surface area contributed by atoms with Crippen LogP contribution < -0.4 is 15.0 Å². The van der Waals surface area contributed by atoms with Gasteiger partial charge in [0.25, 0.3) is 0 Å². The maximum atomic E-state index is 11.5. The zero-order chi connectivity index (χ0) is 20.1. The molecule has 0 spiro atoms. The van der Waals surface area contributed by atoms with Gasteiger partial charge in [0.2, 0.25) is 11.8 Å². The SMILES string of the molecule is Cc1ccnc(N2CCN(CCCCOc3ccc4c(n3)NC(=O)CC4)CC2)c1. The number of fused-ring (bicyclic) bond motifs is 1. The molecular weight excluding hydrogens is 366 g/mol. The van der Waals surface area contributed by atoms with Gasteiger partial charge < -0.3 is 15.0 Å². The number of hydrogen-bond acceptors (Lipinski definition) is 6. The van der Waals surface area contributed by atoms with E-state index in [4.69, 9.17) is 4.74 Å². The standard InChI is InChI=1S/C22H29N5O2/c1-17-8-9-23-19(16-17)27-13-11-26(12-14-27)10-2-3-15-29-21-7-5-18-4-6-20(28)24-22(18)25-21/h5,7-9,16H,2-4,6,10-15H2,1H3,(H,24,25,28). The van der Waals surface area contributed by atoms with Gasteiger partial charge in [0.15, 0.2) is 0 Å². The third kappa shape index (κ3) is 5.23. The van der Waals surface area contributed by atoms with Crippen LogP contribution in [0.4, 0.5) is 11.6 Å². The summed E-state index contributed by atoms with van der Waals surface area (Å²) in [7, 11) is 0. The van der Waals surface area contributed by atoms with E-state index >= 15 is 0 Å². The number of amides is 1. The second kappa shape index (κ2) is 9.22. The number of carbonyl (C=O) groups is 1. The topological polar surface area (TPSA) is 70.6 Å². The predicted molar refractivity (Wildman–Crippen MR) is 114 cm³/mol. The summed E-state index contributed by atoms with van der Waals surface area (Å²) in [5, 5.41) is 2.82. The van der Waals surface area contributed by atoms with Crippen molar-refractivity contribution in [2.24, 2.45) is 0 Å². The molecule has 2 aromatic heterocycles. The van der Waals surface area contributed by atoms with E-state index < -0.39 is 0 Å². The lowest BCUT2D eigenvalue weighted by atomic mass is 10.1. The van der Waals surface area contributed by atoms with Gasteiger partial charge in [-0.1, -0.05) is 0 Å². The number of ether oxygens (including phenoxy) is 1. The van der Waals surface area contributed by atoms with Gasteiger partial charge in [0.1, 0.15) is 11.6 Å². The lowest BCUT2D eigenvalue weighted by Gasteiger charge is -2.35. The van der Waals surface area contributed by atoms with Gasteiger partial charge in [-0.2, -0.15) is 4.98 Å². The molecule has 2 aliphatic heterocycles. The molecule has 154 valence electrons. The van der Waals surface area contributed by atoms with E-state index in [2.05, 4.69) is 38.1 Å². The number of nitrogens with zero attached hydrogens (tertiary/aromatic N) is 4. The van der Waals surface area contributed by atoms with E-state index in [0.29, 0.717) is 24.7 Å². The number of nitrogens with one attached hydrogen (secondary N) is 1. The van der Waals surface area contributed by atoms with Crippen molar-refractivity contribution in [3.05, 3.63) is 41.6 Å². The zero-order valence-corrected chi connectivity index (χ0v) is 17.1. The highest BCUT2D eigenvalue weighted by molar-refractivity contribution is 5.92. The summed E-state index contributed by atoms with van der Waals surface area (Å²) in [6.07, 6.45) is 5.27. The molecule has 0 aromatic carbocycles. The van der Waals surface area contributed by atoms with Crippen molar-refractivity contribution in [3.63, 3.8) is 0 Å². The molecule has 4 rings (SSSR count). The Morgan fingerprint density at radius 2 is 1.97 bits per heavy atom. The molecule has 0 aliphatic carbocycles. The highest BCUT2D eigenvalue weighted by Gasteiger charge is 2.18. The molecular formula is C22H29N5O2. The van der Waals surface area contributed by atoms with Crippen molar-refractivity contribution >= 4 is 17.5 Å². The lowest BCUT2D eigenvalue weighted by molar-refractivity contribution is -0.116. The van der Waals surface area contributed by atoms with Gasteiger partial charge in [-0.05, 0) is 62.1 Å². The van der Waals surface area contributed by atoms with E-state index in [0.717, 1.165) is 63.4 Å². The van der Waals surface area contributed by atoms with Crippen LogP contribution in [0, 0.1) is 6.92 Å². The average Bonchev–Trinajstić information content (AvgIpc) is 2.73. The fourth-order valence-electron chi connectivity index (χ4n) is 3.81. The minimum atomic E-state index is 0.0282. The number of aryl methyl sites for hydroxylation is 2. The minimum Gasteiger partial charge on any atom is -0.478 e. The van der Waals surface area contributed by atoms with Crippen LogP contribution in [0.1, 0.15) is 30.4 Å². The molecule has 1 N–H and O–H groups in total. The van der Waals surface area contributed by atoms with Crippen LogP contribution in [0.5, 0.6) is 5.88 Å². The minimum absolute atomic E-state index is 0.0282. The summed E-state index contributed by atoms with van der Waals surface area (Å²) in [6.45, 7) is 8.04. The van der Waals surface area contributed by atoms with Gasteiger partial charge in [-0.3, -0.25) is 9.69 Å². The zero-order valence-electron chi connectivity index (χ0n) is 17.1. The molecule has 1 saturated heterocycles. The summed E-state index contributed by atoms with van der Waals surface area (Å²) in [4.78, 5) is 25.3. The Morgan fingerprint density at radius 3 is 2.79 bits per heavy atom. The highest BCUT2D eigenvalue weighted by Crippen LogP contribution is 2.23. The number of unbranched alkanes of at least 4 members (excludes halogenated alkanes) is 1. The summed E-state index contributed by atoms with van der Waals surface area (Å²) in [6, 6.07) is 8.10. The van der Waals surface area contributed by atoms with Crippen LogP contribution in [-0.4, -0.2) is 60.1 Å². The monoisotopic (exact) mass is 395 g/mol. The average molecular weight is 396 g/mol. The third-order valence-corrected chi connectivity index (χ3v) is 5.55. The first-order valence-corrected chi connectivity index (χ1v) is 10.5. The first kappa shape index (κ1) is 19.6. The molecule has 0 saturated carbocycles. The molecule has 7 nitrogen and oxygen atoms in total. The third-order valence-electron chi connectivity index (χ3n) is 5.55. The number of piperazine rings is 1. The first-order chi connectivity index (χ1) is 14.2. The Labute approximate surface area is 172 Å². The van der Waals surface area contributed by atoms with Gasteiger partial charge >= 0.3 is 0 Å². The molecule has 0 unspecified atom stereocenters. The van der Waals surface area contributed by atoms with Gasteiger partial charge in [0.05, 0.1) is 6.61 Å². The highest BCUT2D eigenvalue weighted by atomic mass is 16.5. The second-order valence-corrected chi connectivity index (χ2v) is 7.78. The smallest absolute Gasteiger partial charge is 0.225 e. The molecule has 7 heteroatoms. The van der Waals surface area contributed by atoms with Gasteiger partial charge in [-0.15, -0.1) is 0 Å². The van der Waals surface area contributed by atoms with Crippen molar-refractivity contribution in [1.82, 2.24) is 14.9 Å². The second-order valence-electron chi connectivity index (χ2n) is 7.78. The van der Waals surface area contributed by atoms with Crippen molar-refractivity contribution in [3.8, 4) is 5.88 Å². The summed E-state index contributed by atoms with van der Waals surface area (Å²) in [5.41, 5.74) is 2.34. The normalized spacial score (nSPS) is 17.0. The van der Waals surface area contributed by atoms with Crippen LogP contribution in [0.2, 0.25) is 0 Å². The van der Waals surface area contributed by atoms with Crippen molar-refractivity contribution in [2.45, 2.75) is 32.6 Å². The maximum Gasteiger partial charge on any atom is 0.225 e. The Bertz CT molecular complexity index is 849. The molecule has 0 bridgehead atoms. The van der Waals surface area contributed by atoms with Crippen molar-refractivity contribution in [2.75, 3.05) is 49.5 Å². The number of anilines is 2. The summed E-state index contributed by atoms with van der Waals surface area (Å²) >= 11 is 0. The van der Waals surface area contributed by atoms with E-state index in [1.54, 1.807) is 0 Å². The van der Waals surface area contributed by atoms with Crippen LogP contribution in [-0.2, 0) is 11.2 Å². The van der Waals surface area contributed by atoms with E-state index in [1.165, 1.54) is 5.56 Å². The molecule has 2 aliphatic rings. The molecule has 4 heterocycles. The fraction of sp³-hybridized carbons (Fsp3) is 0.500.